The Morgan fingerprint density at radius 2 is 1.60 bits per heavy atom. The van der Waals surface area contributed by atoms with Crippen LogP contribution in [0.15, 0.2) is 0 Å². The number of carbonyl (C=O) groups is 1. The monoisotopic (exact) mass is 360 g/mol. The Kier molecular flexibility index (Phi) is 10.5. The minimum atomic E-state index is -1.69. The molecule has 0 spiro atoms. The van der Waals surface area contributed by atoms with Crippen LogP contribution in [0.3, 0.4) is 0 Å². The molecule has 0 unspecified atom stereocenters. The summed E-state index contributed by atoms with van der Waals surface area (Å²) in [5, 5.41) is 41.5. The fraction of sp³-hybridized carbons (Fsp3) is 0.944. The number of hydrogen-bond donors (Lipinski definition) is 3. The van der Waals surface area contributed by atoms with Crippen LogP contribution in [0.2, 0.25) is 0 Å². The second kappa shape index (κ2) is 11.8. The largest absolute Gasteiger partial charge is 0.829 e. The van der Waals surface area contributed by atoms with E-state index in [2.05, 4.69) is 6.92 Å². The van der Waals surface area contributed by atoms with Crippen molar-refractivity contribution in [3.63, 3.8) is 0 Å². The minimum absolute atomic E-state index is 0.328. The Labute approximate surface area is 150 Å². The van der Waals surface area contributed by atoms with Crippen LogP contribution in [0.1, 0.15) is 65.2 Å². The van der Waals surface area contributed by atoms with Crippen molar-refractivity contribution in [1.82, 2.24) is 4.90 Å². The molecule has 3 N–H and O–H groups in total. The average Bonchev–Trinajstić information content (AvgIpc) is 2.58. The van der Waals surface area contributed by atoms with E-state index in [0.717, 1.165) is 25.7 Å². The maximum atomic E-state index is 12.2. The summed E-state index contributed by atoms with van der Waals surface area (Å²) in [5.74, 6) is -0.328. The van der Waals surface area contributed by atoms with Gasteiger partial charge < -0.3 is 30.1 Å². The second-order valence-corrected chi connectivity index (χ2v) is 6.88. The summed E-state index contributed by atoms with van der Waals surface area (Å²) < 4.78 is 5.03. The lowest BCUT2D eigenvalue weighted by atomic mass is 9.95. The lowest BCUT2D eigenvalue weighted by Crippen LogP contribution is -2.68. The molecule has 1 aliphatic rings. The molecule has 1 saturated heterocycles. The molecular formula is C18H34NO6-. The quantitative estimate of drug-likeness (QED) is 0.452. The molecule has 0 aromatic rings. The molecule has 7 nitrogen and oxygen atoms in total. The number of nitrogens with zero attached hydrogens (tertiary/aromatic N) is 1. The first-order valence-electron chi connectivity index (χ1n) is 9.49. The van der Waals surface area contributed by atoms with Crippen molar-refractivity contribution < 1.29 is 30.0 Å². The summed E-state index contributed by atoms with van der Waals surface area (Å²) in [6.07, 6.45) is 3.27. The van der Waals surface area contributed by atoms with E-state index in [1.807, 2.05) is 0 Å². The van der Waals surface area contributed by atoms with Crippen molar-refractivity contribution in [3.05, 3.63) is 0 Å². The van der Waals surface area contributed by atoms with Crippen LogP contribution in [0.25, 0.3) is 0 Å². The summed E-state index contributed by atoms with van der Waals surface area (Å²) in [6, 6.07) is -1.14. The first-order valence-corrected chi connectivity index (χ1v) is 9.49. The molecule has 1 fully saturated rings. The van der Waals surface area contributed by atoms with Crippen LogP contribution >= 0.6 is 0 Å². The summed E-state index contributed by atoms with van der Waals surface area (Å²) >= 11 is 0. The van der Waals surface area contributed by atoms with E-state index in [-0.39, 0.29) is 5.91 Å². The smallest absolute Gasteiger partial charge is 0.219 e. The highest BCUT2D eigenvalue weighted by atomic mass is 16.6. The Morgan fingerprint density at radius 3 is 2.12 bits per heavy atom. The number of ether oxygens (including phenoxy) is 1. The van der Waals surface area contributed by atoms with Crippen LogP contribution in [0.5, 0.6) is 0 Å². The van der Waals surface area contributed by atoms with Gasteiger partial charge in [0.15, 0.2) is 0 Å². The van der Waals surface area contributed by atoms with Crippen molar-refractivity contribution >= 4 is 5.91 Å². The van der Waals surface area contributed by atoms with E-state index in [9.17, 15) is 20.1 Å². The molecule has 0 aliphatic carbocycles. The Balaban J connectivity index is 2.46. The molecule has 0 bridgehead atoms. The van der Waals surface area contributed by atoms with Crippen LogP contribution < -0.4 is 5.11 Å². The van der Waals surface area contributed by atoms with Crippen molar-refractivity contribution in [2.45, 2.75) is 95.9 Å². The van der Waals surface area contributed by atoms with Crippen LogP contribution in [0, 0.1) is 0 Å². The first-order chi connectivity index (χ1) is 11.9. The maximum absolute atomic E-state index is 12.2. The van der Waals surface area contributed by atoms with Gasteiger partial charge in [0, 0.05) is 19.8 Å². The van der Waals surface area contributed by atoms with Crippen LogP contribution in [-0.2, 0) is 9.53 Å². The number of unbranched alkanes of at least 4 members (excludes halogenated alkanes) is 7. The molecule has 0 aromatic heterocycles. The molecular weight excluding hydrogens is 326 g/mol. The van der Waals surface area contributed by atoms with Gasteiger partial charge in [-0.25, -0.2) is 0 Å². The number of carbonyl (C=O) groups excluding carboxylic acids is 1. The molecule has 5 atom stereocenters. The summed E-state index contributed by atoms with van der Waals surface area (Å²) in [6.45, 7) is 3.32. The molecule has 0 saturated carbocycles. The Bertz CT molecular complexity index is 381. The fourth-order valence-corrected chi connectivity index (χ4v) is 3.33. The molecule has 25 heavy (non-hydrogen) atoms. The van der Waals surface area contributed by atoms with Gasteiger partial charge in [0.25, 0.3) is 0 Å². The van der Waals surface area contributed by atoms with E-state index in [1.54, 1.807) is 0 Å². The summed E-state index contributed by atoms with van der Waals surface area (Å²) in [4.78, 5) is 13.2. The Morgan fingerprint density at radius 1 is 1.04 bits per heavy atom. The normalized spacial score (nSPS) is 29.6. The zero-order valence-electron chi connectivity index (χ0n) is 15.5. The van der Waals surface area contributed by atoms with E-state index < -0.39 is 37.3 Å². The third kappa shape index (κ3) is 6.83. The van der Waals surface area contributed by atoms with Crippen molar-refractivity contribution in [3.8, 4) is 0 Å². The molecule has 1 heterocycles. The molecule has 1 aliphatic heterocycles. The third-order valence-electron chi connectivity index (χ3n) is 4.87. The van der Waals surface area contributed by atoms with Gasteiger partial charge in [-0.2, -0.15) is 0 Å². The highest BCUT2D eigenvalue weighted by molar-refractivity contribution is 5.73. The topological polar surface area (TPSA) is 113 Å². The summed E-state index contributed by atoms with van der Waals surface area (Å²) in [7, 11) is 0. The number of amides is 1. The number of aliphatic hydroxyl groups is 3. The molecule has 0 radical (unpaired) electrons. The Hall–Kier alpha value is -0.730. The van der Waals surface area contributed by atoms with Gasteiger partial charge in [0.05, 0.1) is 12.6 Å². The molecule has 1 amide bonds. The summed E-state index contributed by atoms with van der Waals surface area (Å²) in [5.41, 5.74) is 0. The van der Waals surface area contributed by atoms with Gasteiger partial charge in [0.1, 0.15) is 18.3 Å². The number of hydrogen-bond acceptors (Lipinski definition) is 6. The molecule has 1 rings (SSSR count). The molecule has 7 heteroatoms. The van der Waals surface area contributed by atoms with Crippen molar-refractivity contribution in [1.29, 1.82) is 0 Å². The average molecular weight is 360 g/mol. The van der Waals surface area contributed by atoms with Gasteiger partial charge in [-0.05, 0) is 6.42 Å². The SMILES string of the molecule is CCCCCCCCCCN(C(C)=O)[C@@H]1[C@@H](O)[C@H](O)[C@@H](CO)O[C@H]1[O-]. The van der Waals surface area contributed by atoms with Crippen molar-refractivity contribution in [2.24, 2.45) is 0 Å². The fourth-order valence-electron chi connectivity index (χ4n) is 3.33. The highest BCUT2D eigenvalue weighted by Crippen LogP contribution is 2.23. The van der Waals surface area contributed by atoms with Gasteiger partial charge >= 0.3 is 0 Å². The lowest BCUT2D eigenvalue weighted by Gasteiger charge is -2.50. The lowest BCUT2D eigenvalue weighted by molar-refractivity contribution is -0.525. The standard InChI is InChI=1S/C18H34NO6/c1-3-4-5-6-7-8-9-10-11-19(13(2)21)15-17(23)16(22)14(12-20)25-18(15)24/h14-18,20,22-23H,3-12H2,1-2H3/q-1/t14-,15-,16-,17-,18-/m1/s1. The van der Waals surface area contributed by atoms with Crippen molar-refractivity contribution in [2.75, 3.05) is 13.2 Å². The highest BCUT2D eigenvalue weighted by Gasteiger charge is 2.43. The van der Waals surface area contributed by atoms with Gasteiger partial charge in [-0.15, -0.1) is 0 Å². The predicted molar refractivity (Wildman–Crippen MR) is 91.5 cm³/mol. The van der Waals surface area contributed by atoms with Crippen LogP contribution in [0.4, 0.5) is 0 Å². The number of rotatable bonds is 11. The minimum Gasteiger partial charge on any atom is -0.829 e. The van der Waals surface area contributed by atoms with Crippen LogP contribution in [-0.4, -0.2) is 69.9 Å². The van der Waals surface area contributed by atoms with Gasteiger partial charge in [-0.1, -0.05) is 51.9 Å². The third-order valence-corrected chi connectivity index (χ3v) is 4.87. The second-order valence-electron chi connectivity index (χ2n) is 6.88. The van der Waals surface area contributed by atoms with E-state index in [4.69, 9.17) is 9.84 Å². The predicted octanol–water partition coefficient (Wildman–Crippen LogP) is 0.144. The number of aliphatic hydroxyl groups excluding tert-OH is 3. The van der Waals surface area contributed by atoms with E-state index in [1.165, 1.54) is 37.5 Å². The van der Waals surface area contributed by atoms with E-state index >= 15 is 0 Å². The van der Waals surface area contributed by atoms with Gasteiger partial charge in [-0.3, -0.25) is 4.79 Å². The molecule has 0 aromatic carbocycles. The van der Waals surface area contributed by atoms with Gasteiger partial charge in [0.2, 0.25) is 5.91 Å². The zero-order chi connectivity index (χ0) is 18.8. The maximum Gasteiger partial charge on any atom is 0.219 e. The molecule has 148 valence electrons. The zero-order valence-corrected chi connectivity index (χ0v) is 15.5. The first kappa shape index (κ1) is 22.3. The van der Waals surface area contributed by atoms with E-state index in [0.29, 0.717) is 6.54 Å².